The number of morpholine rings is 1. The Balaban J connectivity index is 0.000000441. The lowest BCUT2D eigenvalue weighted by atomic mass is 10.0. The lowest BCUT2D eigenvalue weighted by molar-refractivity contribution is -0.404. The van der Waals surface area contributed by atoms with E-state index in [1.165, 1.54) is 16.9 Å². The van der Waals surface area contributed by atoms with Crippen LogP contribution in [-0.4, -0.2) is 113 Å². The molecule has 1 heterocycles. The second-order valence-electron chi connectivity index (χ2n) is 19.3. The number of quaternary nitrogens is 1. The van der Waals surface area contributed by atoms with Gasteiger partial charge in [0.2, 0.25) is 5.91 Å². The Hall–Kier alpha value is -4.86. The summed E-state index contributed by atoms with van der Waals surface area (Å²) < 4.78 is 73.8. The number of rotatable bonds is 34. The first-order valence-corrected chi connectivity index (χ1v) is 34.4. The molecule has 4 aromatic rings. The van der Waals surface area contributed by atoms with Crippen LogP contribution in [0.25, 0.3) is 0 Å². The van der Waals surface area contributed by atoms with Gasteiger partial charge in [0.25, 0.3) is 0 Å². The molecular weight excluding hydrogens is 1110 g/mol. The third-order valence-corrected chi connectivity index (χ3v) is 18.2. The number of aldehydes is 1. The second-order valence-corrected chi connectivity index (χ2v) is 25.3. The number of hydrogen-bond acceptors (Lipinski definition) is 13. The van der Waals surface area contributed by atoms with Crippen molar-refractivity contribution in [2.24, 2.45) is 5.92 Å². The number of hydrogen-bond donors (Lipinski definition) is 3. The van der Waals surface area contributed by atoms with Crippen LogP contribution >= 0.6 is 22.8 Å². The predicted octanol–water partition coefficient (Wildman–Crippen LogP) is 13.1. The van der Waals surface area contributed by atoms with Gasteiger partial charge in [0, 0.05) is 49.5 Å². The topological polar surface area (TPSA) is 222 Å². The van der Waals surface area contributed by atoms with E-state index in [4.69, 9.17) is 31.9 Å². The van der Waals surface area contributed by atoms with E-state index in [0.29, 0.717) is 72.0 Å². The molecule has 0 aliphatic carbocycles. The maximum absolute atomic E-state index is 13.7. The molecule has 20 heteroatoms. The summed E-state index contributed by atoms with van der Waals surface area (Å²) in [6.45, 7) is 18.7. The lowest BCUT2D eigenvalue weighted by Gasteiger charge is -2.30. The van der Waals surface area contributed by atoms with Crippen LogP contribution in [0.3, 0.4) is 0 Å². The Bertz CT molecular complexity index is 2500. The van der Waals surface area contributed by atoms with Gasteiger partial charge in [-0.05, 0) is 115 Å². The summed E-state index contributed by atoms with van der Waals surface area (Å²) >= 11 is 0. The number of carbonyl (C=O) groups is 3. The van der Waals surface area contributed by atoms with E-state index in [1.54, 1.807) is 58.3 Å². The first-order chi connectivity index (χ1) is 40.0. The number of benzene rings is 4. The zero-order chi connectivity index (χ0) is 61.0. The maximum atomic E-state index is 13.7. The number of allylic oxidation sites excluding steroid dienone is 1. The van der Waals surface area contributed by atoms with Gasteiger partial charge < -0.3 is 57.9 Å². The second kappa shape index (κ2) is 44.6. The average molecular weight is 1210 g/mol. The molecule has 0 spiro atoms. The maximum Gasteiger partial charge on any atom is 0.354 e. The van der Waals surface area contributed by atoms with Crippen molar-refractivity contribution in [1.29, 1.82) is 0 Å². The molecule has 1 saturated heterocycles. The molecule has 0 radical (unpaired) electrons. The van der Waals surface area contributed by atoms with Crippen LogP contribution in [0.15, 0.2) is 145 Å². The van der Waals surface area contributed by atoms with Gasteiger partial charge in [-0.15, -0.1) is 0 Å². The van der Waals surface area contributed by atoms with E-state index in [-0.39, 0.29) is 49.3 Å². The molecule has 0 bridgehead atoms. The SMILES string of the molecule is CC(C=O)CCc1ccccc1.CC/C=C/P(=O)(OCC)OCC.CCOP(=O)(/C=C/C([NH3+])CCc1ccccc1)OCC.CCOP(=O)(CCC(CCc1ccccc1)NC(=O)[C@H](Cc1ccccc1)NC(=O)N1CCOCC1)OCC. The summed E-state index contributed by atoms with van der Waals surface area (Å²) in [5, 5.41) is 6.09. The number of nitrogens with one attached hydrogen (secondary N) is 2. The standard InChI is InChI=1S/C29H42N3O6P.C15H24NO3P.C11H14O.C8H17O3P/c1-3-37-39(35,38-4-2)22-17-26(16-15-24-11-7-5-8-12-24)30-28(33)27(23-25-13-9-6-10-14-25)31-29(34)32-18-20-36-21-19-32;1-3-18-20(17,19-4-2)13-12-15(16)11-10-14-8-6-5-7-9-14;1-10(9-12)7-8-11-5-3-2-4-6-11;1-4-7-8-12(9,10-5-2)11-6-3/h5-14,26-27H,3-4,15-23H2,1-2H3,(H,30,33)(H,31,34);5-9,12-13,15H,3-4,10-11,16H2,1-2H3;2-6,9-10H,7-8H2,1H3;7-8H,4-6H2,1-3H3/p+1/b;13-12+;;8-7+/t26?,27-;;;/m0.../s1. The highest BCUT2D eigenvalue weighted by atomic mass is 31.2. The van der Waals surface area contributed by atoms with E-state index in [1.807, 2.05) is 117 Å². The van der Waals surface area contributed by atoms with Crippen molar-refractivity contribution >= 4 is 41.0 Å². The number of aryl methyl sites for hydroxylation is 3. The summed E-state index contributed by atoms with van der Waals surface area (Å²) in [4.78, 5) is 38.7. The van der Waals surface area contributed by atoms with Crippen LogP contribution in [0.5, 0.6) is 0 Å². The van der Waals surface area contributed by atoms with Crippen molar-refractivity contribution < 1.29 is 65.7 Å². The molecule has 3 unspecified atom stereocenters. The third kappa shape index (κ3) is 34.0. The van der Waals surface area contributed by atoms with Crippen molar-refractivity contribution in [2.75, 3.05) is 72.1 Å². The molecule has 1 fully saturated rings. The normalized spacial score (nSPS) is 14.2. The Morgan fingerprint density at radius 1 is 0.578 bits per heavy atom. The zero-order valence-corrected chi connectivity index (χ0v) is 53.4. The first kappa shape index (κ1) is 74.2. The highest BCUT2D eigenvalue weighted by molar-refractivity contribution is 7.57. The summed E-state index contributed by atoms with van der Waals surface area (Å²) in [5.74, 6) is 2.98. The van der Waals surface area contributed by atoms with Gasteiger partial charge >= 0.3 is 28.8 Å². The Kier molecular flexibility index (Phi) is 39.9. The van der Waals surface area contributed by atoms with Gasteiger partial charge in [-0.1, -0.05) is 141 Å². The average Bonchev–Trinajstić information content (AvgIpc) is 3.59. The van der Waals surface area contributed by atoms with Crippen molar-refractivity contribution in [3.05, 3.63) is 167 Å². The molecular formula is C63H98N4O13P3+. The van der Waals surface area contributed by atoms with Crippen molar-refractivity contribution in [3.63, 3.8) is 0 Å². The van der Waals surface area contributed by atoms with E-state index in [2.05, 4.69) is 40.6 Å². The number of amides is 3. The fourth-order valence-corrected chi connectivity index (χ4v) is 12.7. The molecule has 4 atom stereocenters. The van der Waals surface area contributed by atoms with Gasteiger partial charge in [0.05, 0.1) is 59.0 Å². The largest absolute Gasteiger partial charge is 0.378 e. The number of urea groups is 1. The minimum Gasteiger partial charge on any atom is -0.378 e. The molecule has 5 N–H and O–H groups in total. The molecule has 17 nitrogen and oxygen atoms in total. The summed E-state index contributed by atoms with van der Waals surface area (Å²) in [6, 6.07) is 38.9. The molecule has 462 valence electrons. The number of carbonyl (C=O) groups excluding carboxylic acids is 3. The molecule has 4 aromatic carbocycles. The summed E-state index contributed by atoms with van der Waals surface area (Å²) in [5.41, 5.74) is 8.74. The number of ether oxygens (including phenoxy) is 1. The molecule has 5 rings (SSSR count). The molecule has 1 aliphatic rings. The van der Waals surface area contributed by atoms with Crippen LogP contribution in [0.2, 0.25) is 0 Å². The summed E-state index contributed by atoms with van der Waals surface area (Å²) in [6.07, 6.45) is 11.6. The van der Waals surface area contributed by atoms with E-state index in [9.17, 15) is 28.1 Å². The van der Waals surface area contributed by atoms with E-state index >= 15 is 0 Å². The van der Waals surface area contributed by atoms with Crippen LogP contribution in [-0.2, 0) is 80.8 Å². The van der Waals surface area contributed by atoms with E-state index < -0.39 is 28.8 Å². The fraction of sp³-hybridized carbons (Fsp3) is 0.508. The third-order valence-electron chi connectivity index (χ3n) is 12.5. The molecule has 3 amide bonds. The quantitative estimate of drug-likeness (QED) is 0.0293. The Morgan fingerprint density at radius 2 is 1.00 bits per heavy atom. The minimum absolute atomic E-state index is 0.0874. The molecule has 0 saturated carbocycles. The van der Waals surface area contributed by atoms with Gasteiger partial charge in [-0.25, -0.2) is 4.79 Å². The van der Waals surface area contributed by atoms with Gasteiger partial charge in [0.1, 0.15) is 18.4 Å². The minimum atomic E-state index is -3.27. The van der Waals surface area contributed by atoms with Crippen LogP contribution < -0.4 is 16.4 Å². The molecule has 1 aliphatic heterocycles. The highest BCUT2D eigenvalue weighted by Crippen LogP contribution is 2.51. The Morgan fingerprint density at radius 3 is 1.43 bits per heavy atom. The van der Waals surface area contributed by atoms with E-state index in [0.717, 1.165) is 55.9 Å². The van der Waals surface area contributed by atoms with Gasteiger partial charge in [-0.3, -0.25) is 18.5 Å². The van der Waals surface area contributed by atoms with Crippen molar-refractivity contribution in [3.8, 4) is 0 Å². The first-order valence-electron chi connectivity index (χ1n) is 29.4. The fourth-order valence-electron chi connectivity index (χ4n) is 8.14. The van der Waals surface area contributed by atoms with Gasteiger partial charge in [-0.2, -0.15) is 0 Å². The molecule has 0 aromatic heterocycles. The van der Waals surface area contributed by atoms with Crippen LogP contribution in [0.1, 0.15) is 110 Å². The smallest absolute Gasteiger partial charge is 0.354 e. The zero-order valence-electron chi connectivity index (χ0n) is 50.7. The monoisotopic (exact) mass is 1210 g/mol. The summed E-state index contributed by atoms with van der Waals surface area (Å²) in [7, 11) is -9.28. The van der Waals surface area contributed by atoms with Gasteiger partial charge in [0.15, 0.2) is 0 Å². The van der Waals surface area contributed by atoms with Crippen molar-refractivity contribution in [1.82, 2.24) is 15.5 Å². The van der Waals surface area contributed by atoms with Crippen molar-refractivity contribution in [2.45, 2.75) is 131 Å². The highest BCUT2D eigenvalue weighted by Gasteiger charge is 2.30. The predicted molar refractivity (Wildman–Crippen MR) is 334 cm³/mol. The lowest BCUT2D eigenvalue weighted by Crippen LogP contribution is -2.59. The molecule has 83 heavy (non-hydrogen) atoms. The van der Waals surface area contributed by atoms with Crippen LogP contribution in [0.4, 0.5) is 4.79 Å². The Labute approximate surface area is 496 Å². The van der Waals surface area contributed by atoms with Crippen LogP contribution in [0, 0.1) is 5.92 Å². The number of nitrogens with zero attached hydrogens (tertiary/aromatic N) is 1.